The van der Waals surface area contributed by atoms with E-state index in [0.29, 0.717) is 37.7 Å². The number of fused-ring (bicyclic) bond motifs is 3. The highest BCUT2D eigenvalue weighted by Gasteiger charge is 2.56. The van der Waals surface area contributed by atoms with Gasteiger partial charge in [0.15, 0.2) is 0 Å². The molecule has 152 valence electrons. The maximum atomic E-state index is 13.1. The minimum atomic E-state index is -0.495. The van der Waals surface area contributed by atoms with E-state index in [1.165, 1.54) is 0 Å². The van der Waals surface area contributed by atoms with Crippen LogP contribution in [0.5, 0.6) is 0 Å². The number of anilines is 1. The minimum Gasteiger partial charge on any atom is -0.362 e. The lowest BCUT2D eigenvalue weighted by atomic mass is 9.89. The van der Waals surface area contributed by atoms with Crippen LogP contribution in [0.3, 0.4) is 0 Å². The second-order valence-corrected chi connectivity index (χ2v) is 8.73. The van der Waals surface area contributed by atoms with Crippen molar-refractivity contribution >= 4 is 23.4 Å². The lowest BCUT2D eigenvalue weighted by Gasteiger charge is -2.42. The number of rotatable bonds is 3. The van der Waals surface area contributed by atoms with E-state index < -0.39 is 5.66 Å². The van der Waals surface area contributed by atoms with E-state index in [0.717, 1.165) is 18.5 Å². The standard InChI is InChI=1S/C22H26N4O3/c1-2-9-25-12-15(10-19(25)27)21(29)26-11-14-7-8-22(17(14)13-26)23-18-6-4-3-5-16(18)20(28)24-22/h2-6,14-15,17,23H,1,7-13H2,(H,24,28)/t14-,15?,17+,22+/m1/s1. The van der Waals surface area contributed by atoms with Gasteiger partial charge < -0.3 is 20.4 Å². The Bertz CT molecular complexity index is 900. The quantitative estimate of drug-likeness (QED) is 0.760. The summed E-state index contributed by atoms with van der Waals surface area (Å²) in [6, 6.07) is 7.57. The van der Waals surface area contributed by atoms with Gasteiger partial charge in [0.05, 0.1) is 11.5 Å². The molecule has 5 rings (SSSR count). The van der Waals surface area contributed by atoms with Gasteiger partial charge in [-0.15, -0.1) is 6.58 Å². The predicted octanol–water partition coefficient (Wildman–Crippen LogP) is 1.44. The molecule has 7 nitrogen and oxygen atoms in total. The first-order valence-corrected chi connectivity index (χ1v) is 10.4. The highest BCUT2D eigenvalue weighted by molar-refractivity contribution is 6.02. The molecule has 4 aliphatic rings. The van der Waals surface area contributed by atoms with Crippen LogP contribution in [-0.4, -0.2) is 59.4 Å². The van der Waals surface area contributed by atoms with Crippen molar-refractivity contribution in [3.05, 3.63) is 42.5 Å². The molecule has 0 bridgehead atoms. The Morgan fingerprint density at radius 1 is 1.21 bits per heavy atom. The number of benzene rings is 1. The van der Waals surface area contributed by atoms with Crippen LogP contribution in [-0.2, 0) is 9.59 Å². The van der Waals surface area contributed by atoms with Crippen LogP contribution in [0.1, 0.15) is 29.6 Å². The van der Waals surface area contributed by atoms with E-state index in [-0.39, 0.29) is 36.0 Å². The number of nitrogens with one attached hydrogen (secondary N) is 2. The molecule has 3 fully saturated rings. The highest BCUT2D eigenvalue weighted by Crippen LogP contribution is 2.47. The van der Waals surface area contributed by atoms with Crippen molar-refractivity contribution < 1.29 is 14.4 Å². The fraction of sp³-hybridized carbons (Fsp3) is 0.500. The third kappa shape index (κ3) is 2.82. The molecule has 3 heterocycles. The average molecular weight is 394 g/mol. The minimum absolute atomic E-state index is 0.0249. The topological polar surface area (TPSA) is 81.8 Å². The lowest BCUT2D eigenvalue weighted by molar-refractivity contribution is -0.135. The Kier molecular flexibility index (Phi) is 4.15. The van der Waals surface area contributed by atoms with E-state index in [1.807, 2.05) is 29.2 Å². The van der Waals surface area contributed by atoms with Gasteiger partial charge in [-0.05, 0) is 30.9 Å². The summed E-state index contributed by atoms with van der Waals surface area (Å²) in [5, 5.41) is 6.81. The van der Waals surface area contributed by atoms with Crippen LogP contribution in [0.2, 0.25) is 0 Å². The summed E-state index contributed by atoms with van der Waals surface area (Å²) in [7, 11) is 0. The van der Waals surface area contributed by atoms with Crippen molar-refractivity contribution in [2.75, 3.05) is 31.5 Å². The molecule has 1 saturated carbocycles. The smallest absolute Gasteiger partial charge is 0.255 e. The zero-order valence-electron chi connectivity index (χ0n) is 16.4. The van der Waals surface area contributed by atoms with Crippen LogP contribution in [0.25, 0.3) is 0 Å². The van der Waals surface area contributed by atoms with Gasteiger partial charge in [-0.1, -0.05) is 18.2 Å². The van der Waals surface area contributed by atoms with Gasteiger partial charge >= 0.3 is 0 Å². The molecule has 1 unspecified atom stereocenters. The molecule has 1 aromatic rings. The summed E-state index contributed by atoms with van der Waals surface area (Å²) in [5.74, 6) is 0.301. The van der Waals surface area contributed by atoms with Gasteiger partial charge in [-0.3, -0.25) is 14.4 Å². The van der Waals surface area contributed by atoms with Crippen molar-refractivity contribution in [1.82, 2.24) is 15.1 Å². The SMILES string of the molecule is C=CCN1CC(C(=O)N2C[C@H]3CC[C@]4(NC(=O)c5ccccc5N4)[C@H]3C2)CC1=O. The second kappa shape index (κ2) is 6.61. The summed E-state index contributed by atoms with van der Waals surface area (Å²) in [5.41, 5.74) is 1.04. The van der Waals surface area contributed by atoms with E-state index in [2.05, 4.69) is 17.2 Å². The van der Waals surface area contributed by atoms with E-state index in [9.17, 15) is 14.4 Å². The first-order chi connectivity index (χ1) is 14.0. The number of likely N-dealkylation sites (tertiary alicyclic amines) is 2. The Morgan fingerprint density at radius 3 is 2.86 bits per heavy atom. The van der Waals surface area contributed by atoms with E-state index in [4.69, 9.17) is 0 Å². The summed E-state index contributed by atoms with van der Waals surface area (Å²) in [6.07, 6.45) is 3.81. The molecule has 7 heteroatoms. The van der Waals surface area contributed by atoms with Crippen molar-refractivity contribution in [1.29, 1.82) is 0 Å². The van der Waals surface area contributed by atoms with Gasteiger partial charge in [0.25, 0.3) is 5.91 Å². The van der Waals surface area contributed by atoms with Gasteiger partial charge in [0, 0.05) is 44.2 Å². The molecule has 4 atom stereocenters. The van der Waals surface area contributed by atoms with Crippen LogP contribution >= 0.6 is 0 Å². The summed E-state index contributed by atoms with van der Waals surface area (Å²) >= 11 is 0. The van der Waals surface area contributed by atoms with Crippen LogP contribution in [0, 0.1) is 17.8 Å². The molecule has 3 aliphatic heterocycles. The Hall–Kier alpha value is -2.83. The molecule has 0 aromatic heterocycles. The molecule has 3 amide bonds. The number of amides is 3. The Balaban J connectivity index is 1.32. The summed E-state index contributed by atoms with van der Waals surface area (Å²) in [4.78, 5) is 41.6. The van der Waals surface area contributed by atoms with Crippen LogP contribution in [0.4, 0.5) is 5.69 Å². The third-order valence-electron chi connectivity index (χ3n) is 7.07. The predicted molar refractivity (Wildman–Crippen MR) is 108 cm³/mol. The molecule has 0 radical (unpaired) electrons. The highest BCUT2D eigenvalue weighted by atomic mass is 16.2. The number of nitrogens with zero attached hydrogens (tertiary/aromatic N) is 2. The van der Waals surface area contributed by atoms with Gasteiger partial charge in [-0.2, -0.15) is 0 Å². The number of hydrogen-bond donors (Lipinski definition) is 2. The first-order valence-electron chi connectivity index (χ1n) is 10.4. The van der Waals surface area contributed by atoms with Crippen LogP contribution < -0.4 is 10.6 Å². The van der Waals surface area contributed by atoms with E-state index >= 15 is 0 Å². The molecule has 29 heavy (non-hydrogen) atoms. The summed E-state index contributed by atoms with van der Waals surface area (Å²) in [6.45, 7) is 5.97. The lowest BCUT2D eigenvalue weighted by Crippen LogP contribution is -2.61. The number of hydrogen-bond acceptors (Lipinski definition) is 4. The van der Waals surface area contributed by atoms with Gasteiger partial charge in [0.2, 0.25) is 11.8 Å². The Morgan fingerprint density at radius 2 is 2.03 bits per heavy atom. The van der Waals surface area contributed by atoms with Crippen molar-refractivity contribution in [3.63, 3.8) is 0 Å². The Labute approximate surface area is 170 Å². The molecule has 1 aromatic carbocycles. The van der Waals surface area contributed by atoms with Gasteiger partial charge in [0.1, 0.15) is 5.66 Å². The first kappa shape index (κ1) is 18.2. The van der Waals surface area contributed by atoms with Crippen molar-refractivity contribution in [3.8, 4) is 0 Å². The maximum absolute atomic E-state index is 13.1. The second-order valence-electron chi connectivity index (χ2n) is 8.73. The normalized spacial score (nSPS) is 32.8. The van der Waals surface area contributed by atoms with E-state index in [1.54, 1.807) is 11.0 Å². The van der Waals surface area contributed by atoms with Crippen LogP contribution in [0.15, 0.2) is 36.9 Å². The molecule has 1 spiro atoms. The number of carbonyl (C=O) groups excluding carboxylic acids is 3. The molecule has 1 aliphatic carbocycles. The van der Waals surface area contributed by atoms with Gasteiger partial charge in [-0.25, -0.2) is 0 Å². The monoisotopic (exact) mass is 394 g/mol. The number of para-hydroxylation sites is 1. The zero-order valence-corrected chi connectivity index (χ0v) is 16.4. The zero-order chi connectivity index (χ0) is 20.2. The summed E-state index contributed by atoms with van der Waals surface area (Å²) < 4.78 is 0. The molecular formula is C22H26N4O3. The third-order valence-corrected chi connectivity index (χ3v) is 7.07. The average Bonchev–Trinajstić information content (AvgIpc) is 3.38. The van der Waals surface area contributed by atoms with Crippen molar-refractivity contribution in [2.45, 2.75) is 24.9 Å². The molecule has 2 saturated heterocycles. The fourth-order valence-electron chi connectivity index (χ4n) is 5.67. The number of carbonyl (C=O) groups is 3. The largest absolute Gasteiger partial charge is 0.362 e. The maximum Gasteiger partial charge on any atom is 0.255 e. The molecule has 2 N–H and O–H groups in total. The fourth-order valence-corrected chi connectivity index (χ4v) is 5.67. The molecular weight excluding hydrogens is 368 g/mol. The van der Waals surface area contributed by atoms with Crippen molar-refractivity contribution in [2.24, 2.45) is 17.8 Å².